The molecule has 0 aliphatic carbocycles. The van der Waals surface area contributed by atoms with E-state index in [2.05, 4.69) is 15.3 Å². The van der Waals surface area contributed by atoms with Gasteiger partial charge in [-0.25, -0.2) is 13.4 Å². The minimum Gasteiger partial charge on any atom is -0.370 e. The van der Waals surface area contributed by atoms with Gasteiger partial charge in [0.1, 0.15) is 5.82 Å². The number of nitrogens with zero attached hydrogens (tertiary/aromatic N) is 3. The van der Waals surface area contributed by atoms with E-state index >= 15 is 0 Å². The van der Waals surface area contributed by atoms with Crippen LogP contribution in [0.5, 0.6) is 0 Å². The molecule has 21 heavy (non-hydrogen) atoms. The molecule has 1 saturated heterocycles. The van der Waals surface area contributed by atoms with E-state index in [0.29, 0.717) is 18.9 Å². The van der Waals surface area contributed by atoms with Gasteiger partial charge in [0.05, 0.1) is 12.8 Å². The number of hydrogen-bond donors (Lipinski definition) is 2. The van der Waals surface area contributed by atoms with Gasteiger partial charge in [-0.2, -0.15) is 4.31 Å². The van der Waals surface area contributed by atoms with Gasteiger partial charge >= 0.3 is 0 Å². The predicted molar refractivity (Wildman–Crippen MR) is 83.5 cm³/mol. The molecule has 0 aromatic carbocycles. The van der Waals surface area contributed by atoms with Crippen molar-refractivity contribution in [3.8, 4) is 0 Å². The van der Waals surface area contributed by atoms with Crippen LogP contribution in [0.3, 0.4) is 0 Å². The summed E-state index contributed by atoms with van der Waals surface area (Å²) < 4.78 is 25.0. The number of piperidine rings is 1. The van der Waals surface area contributed by atoms with Crippen LogP contribution in [0.4, 0.5) is 5.82 Å². The average Bonchev–Trinajstić information content (AvgIpc) is 2.45. The number of sulfonamides is 1. The lowest BCUT2D eigenvalue weighted by Crippen LogP contribution is -2.45. The first-order chi connectivity index (χ1) is 9.97. The Morgan fingerprint density at radius 1 is 1.52 bits per heavy atom. The molecule has 1 aromatic rings. The molecule has 0 amide bonds. The maximum atomic E-state index is 11.8. The zero-order valence-corrected chi connectivity index (χ0v) is 12.9. The highest BCUT2D eigenvalue weighted by Crippen LogP contribution is 2.20. The van der Waals surface area contributed by atoms with Crippen LogP contribution in [0.2, 0.25) is 0 Å². The van der Waals surface area contributed by atoms with Crippen LogP contribution in [0, 0.1) is 0 Å². The zero-order chi connectivity index (χ0) is 15.3. The van der Waals surface area contributed by atoms with E-state index in [4.69, 9.17) is 5.73 Å². The third kappa shape index (κ3) is 4.68. The van der Waals surface area contributed by atoms with Gasteiger partial charge in [0.25, 0.3) is 0 Å². The highest BCUT2D eigenvalue weighted by molar-refractivity contribution is 7.88. The second kappa shape index (κ2) is 6.86. The van der Waals surface area contributed by atoms with Crippen LogP contribution in [-0.4, -0.2) is 49.1 Å². The number of hydrogen-bond acceptors (Lipinski definition) is 4. The summed E-state index contributed by atoms with van der Waals surface area (Å²) in [4.78, 5) is 8.33. The minimum absolute atomic E-state index is 0.113. The van der Waals surface area contributed by atoms with Crippen LogP contribution >= 0.6 is 0 Å². The summed E-state index contributed by atoms with van der Waals surface area (Å²) in [6.45, 7) is 0.922. The average molecular weight is 311 g/mol. The first-order valence-electron chi connectivity index (χ1n) is 6.91. The molecule has 1 unspecified atom stereocenters. The SMILES string of the molecule is CS(=O)(=O)N1CCCCC1CN=C(N)Nc1ccccn1. The second-order valence-corrected chi connectivity index (χ2v) is 7.02. The zero-order valence-electron chi connectivity index (χ0n) is 12.1. The number of guanidine groups is 1. The molecule has 0 bridgehead atoms. The number of pyridine rings is 1. The Bertz CT molecular complexity index is 588. The normalized spacial score (nSPS) is 21.2. The molecule has 0 saturated carbocycles. The molecule has 3 N–H and O–H groups in total. The summed E-state index contributed by atoms with van der Waals surface area (Å²) in [5.74, 6) is 0.857. The maximum absolute atomic E-state index is 11.8. The number of aromatic nitrogens is 1. The molecule has 8 heteroatoms. The fourth-order valence-electron chi connectivity index (χ4n) is 2.40. The van der Waals surface area contributed by atoms with Crippen molar-refractivity contribution in [2.24, 2.45) is 10.7 Å². The van der Waals surface area contributed by atoms with Crippen molar-refractivity contribution in [2.45, 2.75) is 25.3 Å². The van der Waals surface area contributed by atoms with E-state index in [-0.39, 0.29) is 12.0 Å². The van der Waals surface area contributed by atoms with Crippen molar-refractivity contribution in [3.63, 3.8) is 0 Å². The van der Waals surface area contributed by atoms with E-state index in [1.807, 2.05) is 12.1 Å². The summed E-state index contributed by atoms with van der Waals surface area (Å²) >= 11 is 0. The Labute approximate surface area is 125 Å². The lowest BCUT2D eigenvalue weighted by atomic mass is 10.1. The standard InChI is InChI=1S/C13H21N5O2S/c1-21(19,20)18-9-5-3-6-11(18)10-16-13(14)17-12-7-2-4-8-15-12/h2,4,7-8,11H,3,5-6,9-10H2,1H3,(H3,14,15,16,17). The van der Waals surface area contributed by atoms with Crippen molar-refractivity contribution >= 4 is 21.8 Å². The van der Waals surface area contributed by atoms with Crippen LogP contribution in [-0.2, 0) is 10.0 Å². The smallest absolute Gasteiger partial charge is 0.211 e. The Balaban J connectivity index is 1.98. The molecule has 1 aromatic heterocycles. The summed E-state index contributed by atoms with van der Waals surface area (Å²) in [7, 11) is -3.19. The van der Waals surface area contributed by atoms with E-state index in [0.717, 1.165) is 19.3 Å². The Morgan fingerprint density at radius 3 is 3.00 bits per heavy atom. The molecule has 0 radical (unpaired) electrons. The second-order valence-electron chi connectivity index (χ2n) is 5.09. The molecule has 116 valence electrons. The molecule has 1 aliphatic rings. The predicted octanol–water partition coefficient (Wildman–Crippen LogP) is 0.622. The fourth-order valence-corrected chi connectivity index (χ4v) is 3.58. The third-order valence-corrected chi connectivity index (χ3v) is 4.73. The molecule has 7 nitrogen and oxygen atoms in total. The molecule has 2 heterocycles. The highest BCUT2D eigenvalue weighted by Gasteiger charge is 2.28. The number of nitrogens with two attached hydrogens (primary N) is 1. The Hall–Kier alpha value is -1.67. The summed E-state index contributed by atoms with van der Waals surface area (Å²) in [5, 5.41) is 2.88. The van der Waals surface area contributed by atoms with Crippen molar-refractivity contribution in [1.82, 2.24) is 9.29 Å². The molecular formula is C13H21N5O2S. The van der Waals surface area contributed by atoms with Crippen LogP contribution in [0.25, 0.3) is 0 Å². The van der Waals surface area contributed by atoms with Gasteiger partial charge in [-0.3, -0.25) is 4.99 Å². The molecule has 0 spiro atoms. The summed E-state index contributed by atoms with van der Waals surface area (Å²) in [6, 6.07) is 5.32. The third-order valence-electron chi connectivity index (χ3n) is 3.39. The van der Waals surface area contributed by atoms with Crippen molar-refractivity contribution < 1.29 is 8.42 Å². The maximum Gasteiger partial charge on any atom is 0.211 e. The first kappa shape index (κ1) is 15.7. The lowest BCUT2D eigenvalue weighted by molar-refractivity contribution is 0.259. The largest absolute Gasteiger partial charge is 0.370 e. The number of nitrogens with one attached hydrogen (secondary N) is 1. The van der Waals surface area contributed by atoms with Crippen LogP contribution < -0.4 is 11.1 Å². The number of rotatable bonds is 4. The van der Waals surface area contributed by atoms with E-state index in [1.54, 1.807) is 12.3 Å². The van der Waals surface area contributed by atoms with E-state index < -0.39 is 10.0 Å². The fraction of sp³-hybridized carbons (Fsp3) is 0.538. The molecule has 1 fully saturated rings. The molecule has 1 aliphatic heterocycles. The van der Waals surface area contributed by atoms with Gasteiger partial charge in [-0.15, -0.1) is 0 Å². The monoisotopic (exact) mass is 311 g/mol. The van der Waals surface area contributed by atoms with Gasteiger partial charge < -0.3 is 11.1 Å². The quantitative estimate of drug-likeness (QED) is 0.627. The van der Waals surface area contributed by atoms with Crippen molar-refractivity contribution in [1.29, 1.82) is 0 Å². The highest BCUT2D eigenvalue weighted by atomic mass is 32.2. The minimum atomic E-state index is -3.19. The molecule has 2 rings (SSSR count). The summed E-state index contributed by atoms with van der Waals surface area (Å²) in [5.41, 5.74) is 5.81. The van der Waals surface area contributed by atoms with Crippen molar-refractivity contribution in [3.05, 3.63) is 24.4 Å². The van der Waals surface area contributed by atoms with Gasteiger partial charge in [0.2, 0.25) is 10.0 Å². The Kier molecular flexibility index (Phi) is 5.13. The Morgan fingerprint density at radius 2 is 2.33 bits per heavy atom. The number of anilines is 1. The van der Waals surface area contributed by atoms with Gasteiger partial charge in [0.15, 0.2) is 5.96 Å². The van der Waals surface area contributed by atoms with Crippen LogP contribution in [0.1, 0.15) is 19.3 Å². The molecular weight excluding hydrogens is 290 g/mol. The van der Waals surface area contributed by atoms with Crippen LogP contribution in [0.15, 0.2) is 29.4 Å². The number of aliphatic imine (C=N–C) groups is 1. The van der Waals surface area contributed by atoms with Gasteiger partial charge in [-0.1, -0.05) is 12.5 Å². The summed E-state index contributed by atoms with van der Waals surface area (Å²) in [6.07, 6.45) is 5.62. The lowest BCUT2D eigenvalue weighted by Gasteiger charge is -2.32. The van der Waals surface area contributed by atoms with Gasteiger partial charge in [0, 0.05) is 18.8 Å². The van der Waals surface area contributed by atoms with Gasteiger partial charge in [-0.05, 0) is 25.0 Å². The first-order valence-corrected chi connectivity index (χ1v) is 8.76. The topological polar surface area (TPSA) is 101 Å². The van der Waals surface area contributed by atoms with Crippen molar-refractivity contribution in [2.75, 3.05) is 24.7 Å². The van der Waals surface area contributed by atoms with E-state index in [9.17, 15) is 8.42 Å². The van der Waals surface area contributed by atoms with E-state index in [1.165, 1.54) is 10.6 Å². The molecule has 1 atom stereocenters.